The quantitative estimate of drug-likeness (QED) is 0.682. The van der Waals surface area contributed by atoms with Gasteiger partial charge in [-0.15, -0.1) is 0 Å². The lowest BCUT2D eigenvalue weighted by Crippen LogP contribution is -2.02. The molecule has 14 heavy (non-hydrogen) atoms. The minimum atomic E-state index is 0.308. The molecule has 0 N–H and O–H groups in total. The molecule has 72 valence electrons. The summed E-state index contributed by atoms with van der Waals surface area (Å²) in [6.07, 6.45) is 1.93. The highest BCUT2D eigenvalue weighted by Gasteiger charge is 2.11. The van der Waals surface area contributed by atoms with Gasteiger partial charge in [-0.2, -0.15) is 0 Å². The SMILES string of the molecule is Cc1cc(C=O)c(C)c(C=O)c1C=O. The minimum Gasteiger partial charge on any atom is -0.298 e. The summed E-state index contributed by atoms with van der Waals surface area (Å²) < 4.78 is 0. The summed E-state index contributed by atoms with van der Waals surface area (Å²) in [7, 11) is 0. The fourth-order valence-electron chi connectivity index (χ4n) is 1.42. The summed E-state index contributed by atoms with van der Waals surface area (Å²) >= 11 is 0. The molecule has 0 spiro atoms. The molecule has 0 unspecified atom stereocenters. The number of aldehydes is 3. The van der Waals surface area contributed by atoms with Gasteiger partial charge in [-0.3, -0.25) is 14.4 Å². The minimum absolute atomic E-state index is 0.308. The van der Waals surface area contributed by atoms with Crippen molar-refractivity contribution in [2.45, 2.75) is 13.8 Å². The molecule has 0 heterocycles. The number of benzene rings is 1. The molecule has 0 saturated heterocycles. The van der Waals surface area contributed by atoms with Crippen LogP contribution in [0.3, 0.4) is 0 Å². The normalized spacial score (nSPS) is 9.57. The van der Waals surface area contributed by atoms with E-state index in [1.165, 1.54) is 0 Å². The van der Waals surface area contributed by atoms with E-state index in [-0.39, 0.29) is 0 Å². The van der Waals surface area contributed by atoms with Gasteiger partial charge in [0.2, 0.25) is 0 Å². The highest BCUT2D eigenvalue weighted by atomic mass is 16.1. The number of carbonyl (C=O) groups excluding carboxylic acids is 3. The highest BCUT2D eigenvalue weighted by Crippen LogP contribution is 2.18. The van der Waals surface area contributed by atoms with Gasteiger partial charge in [0, 0.05) is 16.7 Å². The van der Waals surface area contributed by atoms with Crippen molar-refractivity contribution in [3.63, 3.8) is 0 Å². The van der Waals surface area contributed by atoms with Crippen LogP contribution in [-0.2, 0) is 0 Å². The van der Waals surface area contributed by atoms with Crippen molar-refractivity contribution in [1.29, 1.82) is 0 Å². The molecule has 1 aromatic rings. The molecular formula is C11H10O3. The number of aryl methyl sites for hydroxylation is 1. The average molecular weight is 190 g/mol. The maximum atomic E-state index is 10.8. The van der Waals surface area contributed by atoms with E-state index in [4.69, 9.17) is 0 Å². The molecule has 0 fully saturated rings. The average Bonchev–Trinajstić information content (AvgIpc) is 2.20. The van der Waals surface area contributed by atoms with Gasteiger partial charge in [-0.25, -0.2) is 0 Å². The van der Waals surface area contributed by atoms with E-state index < -0.39 is 0 Å². The van der Waals surface area contributed by atoms with Crippen LogP contribution in [0.4, 0.5) is 0 Å². The fourth-order valence-corrected chi connectivity index (χ4v) is 1.42. The predicted molar refractivity (Wildman–Crippen MR) is 52.1 cm³/mol. The van der Waals surface area contributed by atoms with E-state index in [1.807, 2.05) is 0 Å². The summed E-state index contributed by atoms with van der Waals surface area (Å²) in [6, 6.07) is 1.61. The third-order valence-electron chi connectivity index (χ3n) is 2.29. The van der Waals surface area contributed by atoms with Crippen LogP contribution in [-0.4, -0.2) is 18.9 Å². The zero-order chi connectivity index (χ0) is 10.7. The Balaban J connectivity index is 3.63. The van der Waals surface area contributed by atoms with E-state index in [1.54, 1.807) is 19.9 Å². The summed E-state index contributed by atoms with van der Waals surface area (Å²) in [5.41, 5.74) is 2.33. The molecular weight excluding hydrogens is 180 g/mol. The molecule has 1 aromatic carbocycles. The molecule has 0 amide bonds. The Labute approximate surface area is 81.7 Å². The largest absolute Gasteiger partial charge is 0.298 e. The molecule has 0 saturated carbocycles. The van der Waals surface area contributed by atoms with Crippen LogP contribution in [0.5, 0.6) is 0 Å². The van der Waals surface area contributed by atoms with Crippen LogP contribution < -0.4 is 0 Å². The Morgan fingerprint density at radius 2 is 1.50 bits per heavy atom. The van der Waals surface area contributed by atoms with E-state index in [0.717, 1.165) is 0 Å². The number of hydrogen-bond donors (Lipinski definition) is 0. The Morgan fingerprint density at radius 3 is 1.93 bits per heavy atom. The summed E-state index contributed by atoms with van der Waals surface area (Å²) in [6.45, 7) is 3.35. The zero-order valence-electron chi connectivity index (χ0n) is 8.03. The number of hydrogen-bond acceptors (Lipinski definition) is 3. The van der Waals surface area contributed by atoms with Crippen LogP contribution in [0.2, 0.25) is 0 Å². The van der Waals surface area contributed by atoms with E-state index >= 15 is 0 Å². The Kier molecular flexibility index (Phi) is 2.92. The molecule has 0 aliphatic carbocycles. The molecule has 0 aliphatic rings. The highest BCUT2D eigenvalue weighted by molar-refractivity contribution is 5.96. The molecule has 0 bridgehead atoms. The van der Waals surface area contributed by atoms with Gasteiger partial charge in [-0.05, 0) is 31.0 Å². The second kappa shape index (κ2) is 3.96. The zero-order valence-corrected chi connectivity index (χ0v) is 8.03. The van der Waals surface area contributed by atoms with E-state index in [2.05, 4.69) is 0 Å². The first-order chi connectivity index (χ1) is 6.65. The molecule has 0 aliphatic heterocycles. The van der Waals surface area contributed by atoms with Crippen LogP contribution in [0.25, 0.3) is 0 Å². The first-order valence-electron chi connectivity index (χ1n) is 4.15. The fraction of sp³-hybridized carbons (Fsp3) is 0.182. The van der Waals surface area contributed by atoms with Gasteiger partial charge in [0.25, 0.3) is 0 Å². The van der Waals surface area contributed by atoms with Crippen LogP contribution in [0.15, 0.2) is 6.07 Å². The molecule has 0 radical (unpaired) electrons. The van der Waals surface area contributed by atoms with Gasteiger partial charge in [0.15, 0.2) is 12.6 Å². The van der Waals surface area contributed by atoms with Crippen molar-refractivity contribution in [2.24, 2.45) is 0 Å². The van der Waals surface area contributed by atoms with E-state index in [9.17, 15) is 14.4 Å². The second-order valence-corrected chi connectivity index (χ2v) is 3.09. The lowest BCUT2D eigenvalue weighted by Gasteiger charge is -2.08. The van der Waals surface area contributed by atoms with Gasteiger partial charge in [0.1, 0.15) is 6.29 Å². The molecule has 0 aromatic heterocycles. The van der Waals surface area contributed by atoms with Crippen molar-refractivity contribution in [3.8, 4) is 0 Å². The summed E-state index contributed by atoms with van der Waals surface area (Å²) in [4.78, 5) is 32.1. The van der Waals surface area contributed by atoms with Gasteiger partial charge in [-0.1, -0.05) is 0 Å². The van der Waals surface area contributed by atoms with Gasteiger partial charge in [0.05, 0.1) is 0 Å². The van der Waals surface area contributed by atoms with Crippen molar-refractivity contribution in [2.75, 3.05) is 0 Å². The third kappa shape index (κ3) is 1.48. The van der Waals surface area contributed by atoms with Crippen LogP contribution in [0, 0.1) is 13.8 Å². The molecule has 3 nitrogen and oxygen atoms in total. The maximum Gasteiger partial charge on any atom is 0.151 e. The lowest BCUT2D eigenvalue weighted by atomic mass is 9.95. The summed E-state index contributed by atoms with van der Waals surface area (Å²) in [5.74, 6) is 0. The van der Waals surface area contributed by atoms with Crippen molar-refractivity contribution in [3.05, 3.63) is 33.9 Å². The smallest absolute Gasteiger partial charge is 0.151 e. The second-order valence-electron chi connectivity index (χ2n) is 3.09. The first-order valence-corrected chi connectivity index (χ1v) is 4.15. The number of carbonyl (C=O) groups is 3. The van der Waals surface area contributed by atoms with Gasteiger partial charge < -0.3 is 0 Å². The Bertz CT molecular complexity index is 405. The monoisotopic (exact) mass is 190 g/mol. The lowest BCUT2D eigenvalue weighted by molar-refractivity contribution is 0.109. The standard InChI is InChI=1S/C11H10O3/c1-7-3-9(4-12)8(2)11(6-14)10(7)5-13/h3-6H,1-2H3. The van der Waals surface area contributed by atoms with Crippen molar-refractivity contribution in [1.82, 2.24) is 0 Å². The van der Waals surface area contributed by atoms with Crippen LogP contribution in [0.1, 0.15) is 42.2 Å². The summed E-state index contributed by atoms with van der Waals surface area (Å²) in [5, 5.41) is 0. The van der Waals surface area contributed by atoms with Crippen molar-refractivity contribution >= 4 is 18.9 Å². The number of rotatable bonds is 3. The Hall–Kier alpha value is -1.77. The first kappa shape index (κ1) is 10.3. The molecule has 1 rings (SSSR count). The Morgan fingerprint density at radius 1 is 0.929 bits per heavy atom. The topological polar surface area (TPSA) is 51.2 Å². The van der Waals surface area contributed by atoms with Crippen molar-refractivity contribution < 1.29 is 14.4 Å². The van der Waals surface area contributed by atoms with E-state index in [0.29, 0.717) is 46.7 Å². The van der Waals surface area contributed by atoms with Crippen LogP contribution >= 0.6 is 0 Å². The predicted octanol–water partition coefficient (Wildman–Crippen LogP) is 1.74. The molecule has 3 heteroatoms. The van der Waals surface area contributed by atoms with Gasteiger partial charge >= 0.3 is 0 Å². The maximum absolute atomic E-state index is 10.8. The third-order valence-corrected chi connectivity index (χ3v) is 2.29. The molecule has 0 atom stereocenters.